The van der Waals surface area contributed by atoms with Crippen molar-refractivity contribution in [2.24, 2.45) is 5.10 Å². The molecule has 2 aliphatic heterocycles. The van der Waals surface area contributed by atoms with E-state index in [1.165, 1.54) is 36.2 Å². The van der Waals surface area contributed by atoms with Crippen molar-refractivity contribution in [2.75, 3.05) is 13.1 Å². The molecule has 2 saturated heterocycles. The van der Waals surface area contributed by atoms with Crippen LogP contribution < -0.4 is 10.7 Å². The van der Waals surface area contributed by atoms with Gasteiger partial charge in [-0.25, -0.2) is 13.8 Å². The molecule has 0 spiro atoms. The number of aromatic hydroxyl groups is 2. The molecule has 3 rings (SSSR count). The van der Waals surface area contributed by atoms with E-state index in [1.54, 1.807) is 0 Å². The Morgan fingerprint density at radius 2 is 2.00 bits per heavy atom. The molecule has 2 atom stereocenters. The van der Waals surface area contributed by atoms with E-state index in [1.807, 2.05) is 0 Å². The van der Waals surface area contributed by atoms with Gasteiger partial charge in [-0.3, -0.25) is 14.4 Å². The summed E-state index contributed by atoms with van der Waals surface area (Å²) in [5.41, 5.74) is 2.55. The van der Waals surface area contributed by atoms with Gasteiger partial charge in [0, 0.05) is 31.3 Å². The monoisotopic (exact) mass is 466 g/mol. The van der Waals surface area contributed by atoms with Crippen molar-refractivity contribution in [3.8, 4) is 11.5 Å². The Balaban J connectivity index is 1.32. The minimum atomic E-state index is -3.57. The molecule has 3 amide bonds. The summed E-state index contributed by atoms with van der Waals surface area (Å²) in [5, 5.41) is 24.4. The fourth-order valence-corrected chi connectivity index (χ4v) is 5.63. The van der Waals surface area contributed by atoms with Gasteiger partial charge in [0.1, 0.15) is 10.1 Å². The summed E-state index contributed by atoms with van der Waals surface area (Å²) >= 11 is 0. The molecule has 0 radical (unpaired) electrons. The topological polar surface area (TPSA) is 165 Å². The molecule has 174 valence electrons. The highest BCUT2D eigenvalue weighted by Gasteiger charge is 2.61. The standard InChI is InChI=1S/C20H26N4O7S/c1-20(12-24-17(28)10-18(24)32(20,30)31)11-22-23-16(27)5-3-2-4-8-21-19(29)13-6-7-14(25)15(26)9-13/h6-7,9,11,18,25-26H,2-5,8,10,12H2,1H3,(H,21,29)(H,23,27)/b22-11+/t18-,20+/m1/s1. The van der Waals surface area contributed by atoms with E-state index in [9.17, 15) is 33.0 Å². The molecule has 0 aromatic heterocycles. The Hall–Kier alpha value is -3.15. The minimum absolute atomic E-state index is 0.00398. The van der Waals surface area contributed by atoms with Crippen LogP contribution in [0.25, 0.3) is 0 Å². The molecule has 1 aromatic carbocycles. The molecule has 11 nitrogen and oxygen atoms in total. The van der Waals surface area contributed by atoms with E-state index >= 15 is 0 Å². The Morgan fingerprint density at radius 1 is 1.25 bits per heavy atom. The van der Waals surface area contributed by atoms with Gasteiger partial charge in [0.2, 0.25) is 11.8 Å². The molecule has 2 heterocycles. The molecule has 12 heteroatoms. The fourth-order valence-electron chi connectivity index (χ4n) is 3.60. The number of hydrogen-bond acceptors (Lipinski definition) is 8. The number of unbranched alkanes of at least 4 members (excludes halogenated alkanes) is 2. The number of carbonyl (C=O) groups is 3. The number of hydrogen-bond donors (Lipinski definition) is 4. The Morgan fingerprint density at radius 3 is 2.66 bits per heavy atom. The second-order valence-electron chi connectivity index (χ2n) is 8.10. The third kappa shape index (κ3) is 4.69. The smallest absolute Gasteiger partial charge is 0.251 e. The zero-order chi connectivity index (χ0) is 23.5. The lowest BCUT2D eigenvalue weighted by Crippen LogP contribution is -2.50. The summed E-state index contributed by atoms with van der Waals surface area (Å²) in [4.78, 5) is 36.7. The molecular formula is C20H26N4O7S. The number of fused-ring (bicyclic) bond motifs is 1. The number of sulfone groups is 1. The predicted molar refractivity (Wildman–Crippen MR) is 115 cm³/mol. The zero-order valence-electron chi connectivity index (χ0n) is 17.6. The number of benzene rings is 1. The SMILES string of the molecule is C[C@]1(/C=N/NC(=O)CCCCCNC(=O)c2ccc(O)c(O)c2)CN2C(=O)C[C@H]2S1(=O)=O. The van der Waals surface area contributed by atoms with Crippen LogP contribution in [0.15, 0.2) is 23.3 Å². The molecule has 4 N–H and O–H groups in total. The van der Waals surface area contributed by atoms with E-state index in [2.05, 4.69) is 15.8 Å². The van der Waals surface area contributed by atoms with Crippen molar-refractivity contribution in [1.82, 2.24) is 15.6 Å². The normalized spacial score (nSPS) is 23.6. The number of rotatable bonds is 9. The first-order valence-corrected chi connectivity index (χ1v) is 11.8. The van der Waals surface area contributed by atoms with E-state index in [0.29, 0.717) is 25.8 Å². The van der Waals surface area contributed by atoms with Gasteiger partial charge in [-0.1, -0.05) is 6.42 Å². The number of hydrazone groups is 1. The first-order valence-electron chi connectivity index (χ1n) is 10.2. The van der Waals surface area contributed by atoms with Gasteiger partial charge in [0.15, 0.2) is 21.3 Å². The molecule has 0 unspecified atom stereocenters. The summed E-state index contributed by atoms with van der Waals surface area (Å²) in [7, 11) is -3.57. The summed E-state index contributed by atoms with van der Waals surface area (Å²) < 4.78 is 23.7. The number of amides is 3. The molecule has 32 heavy (non-hydrogen) atoms. The van der Waals surface area contributed by atoms with Crippen LogP contribution in [0.1, 0.15) is 49.4 Å². The highest BCUT2D eigenvalue weighted by Crippen LogP contribution is 2.40. The maximum atomic E-state index is 12.5. The molecule has 0 aliphatic carbocycles. The van der Waals surface area contributed by atoms with E-state index in [0.717, 1.165) is 0 Å². The van der Waals surface area contributed by atoms with Crippen molar-refractivity contribution in [1.29, 1.82) is 0 Å². The van der Waals surface area contributed by atoms with E-state index < -0.39 is 20.0 Å². The fraction of sp³-hybridized carbons (Fsp3) is 0.500. The largest absolute Gasteiger partial charge is 0.504 e. The van der Waals surface area contributed by atoms with E-state index in [-0.39, 0.29) is 54.2 Å². The maximum absolute atomic E-state index is 12.5. The molecule has 0 saturated carbocycles. The van der Waals surface area contributed by atoms with Gasteiger partial charge in [-0.05, 0) is 38.0 Å². The molecule has 2 fully saturated rings. The van der Waals surface area contributed by atoms with Gasteiger partial charge in [0.25, 0.3) is 5.91 Å². The predicted octanol–water partition coefficient (Wildman–Crippen LogP) is 0.236. The summed E-state index contributed by atoms with van der Waals surface area (Å²) in [5.74, 6) is -1.61. The number of nitrogens with zero attached hydrogens (tertiary/aromatic N) is 2. The van der Waals surface area contributed by atoms with E-state index in [4.69, 9.17) is 0 Å². The quantitative estimate of drug-likeness (QED) is 0.133. The van der Waals surface area contributed by atoms with Gasteiger partial charge in [0.05, 0.1) is 6.42 Å². The maximum Gasteiger partial charge on any atom is 0.251 e. The van der Waals surface area contributed by atoms with Gasteiger partial charge in [-0.15, -0.1) is 0 Å². The van der Waals surface area contributed by atoms with Crippen molar-refractivity contribution in [3.63, 3.8) is 0 Å². The lowest BCUT2D eigenvalue weighted by molar-refractivity contribution is -0.140. The summed E-state index contributed by atoms with van der Waals surface area (Å²) in [6.07, 6.45) is 3.22. The Bertz CT molecular complexity index is 1060. The van der Waals surface area contributed by atoms with Crippen LogP contribution in [-0.2, 0) is 19.4 Å². The second kappa shape index (κ2) is 9.15. The minimum Gasteiger partial charge on any atom is -0.504 e. The van der Waals surface area contributed by atoms with Gasteiger partial charge < -0.3 is 20.4 Å². The third-order valence-electron chi connectivity index (χ3n) is 5.64. The van der Waals surface area contributed by atoms with Crippen molar-refractivity contribution in [3.05, 3.63) is 23.8 Å². The van der Waals surface area contributed by atoms with Crippen molar-refractivity contribution < 1.29 is 33.0 Å². The lowest BCUT2D eigenvalue weighted by atomic mass is 10.1. The number of nitrogens with one attached hydrogen (secondary N) is 2. The van der Waals surface area contributed by atoms with Crippen LogP contribution >= 0.6 is 0 Å². The first-order chi connectivity index (χ1) is 15.0. The molecular weight excluding hydrogens is 440 g/mol. The highest BCUT2D eigenvalue weighted by atomic mass is 32.2. The first kappa shape index (κ1) is 23.5. The number of carbonyl (C=O) groups excluding carboxylic acids is 3. The lowest BCUT2D eigenvalue weighted by Gasteiger charge is -2.31. The number of β-lactam (4-membered cyclic amide) rings is 1. The molecule has 1 aromatic rings. The summed E-state index contributed by atoms with van der Waals surface area (Å²) in [6, 6.07) is 3.80. The second-order valence-corrected chi connectivity index (χ2v) is 10.7. The number of phenolic OH excluding ortho intramolecular Hbond substituents is 2. The highest BCUT2D eigenvalue weighted by molar-refractivity contribution is 7.94. The Labute approximate surface area is 185 Å². The molecule has 2 aliphatic rings. The van der Waals surface area contributed by atoms with Gasteiger partial charge >= 0.3 is 0 Å². The van der Waals surface area contributed by atoms with Crippen LogP contribution in [0.5, 0.6) is 11.5 Å². The van der Waals surface area contributed by atoms with Crippen molar-refractivity contribution >= 4 is 33.8 Å². The van der Waals surface area contributed by atoms with Crippen LogP contribution in [0.3, 0.4) is 0 Å². The third-order valence-corrected chi connectivity index (χ3v) is 8.31. The number of phenols is 2. The van der Waals surface area contributed by atoms with Crippen LogP contribution in [0, 0.1) is 0 Å². The average molecular weight is 467 g/mol. The zero-order valence-corrected chi connectivity index (χ0v) is 18.4. The average Bonchev–Trinajstić information content (AvgIpc) is 2.89. The molecule has 0 bridgehead atoms. The van der Waals surface area contributed by atoms with Gasteiger partial charge in [-0.2, -0.15) is 5.10 Å². The van der Waals surface area contributed by atoms with Crippen LogP contribution in [0.4, 0.5) is 0 Å². The van der Waals surface area contributed by atoms with Crippen molar-refractivity contribution in [2.45, 2.75) is 49.1 Å². The Kier molecular flexibility index (Phi) is 6.72. The summed E-state index contributed by atoms with van der Waals surface area (Å²) in [6.45, 7) is 1.90. The van der Waals surface area contributed by atoms with Crippen LogP contribution in [-0.4, -0.2) is 70.7 Å². The van der Waals surface area contributed by atoms with Crippen LogP contribution in [0.2, 0.25) is 0 Å².